The zero-order valence-electron chi connectivity index (χ0n) is 13.1. The highest BCUT2D eigenvalue weighted by molar-refractivity contribution is 7.16. The topological polar surface area (TPSA) is 42.7 Å². The molecule has 0 aliphatic carbocycles. The predicted octanol–water partition coefficient (Wildman–Crippen LogP) is 4.74. The van der Waals surface area contributed by atoms with Gasteiger partial charge in [-0.25, -0.2) is 0 Å². The quantitative estimate of drug-likeness (QED) is 0.683. The van der Waals surface area contributed by atoms with Crippen LogP contribution in [-0.2, 0) is 6.54 Å². The number of hydrogen-bond donors (Lipinski definition) is 0. The molecular weight excluding hydrogens is 334 g/mol. The van der Waals surface area contributed by atoms with Crippen LogP contribution in [0.3, 0.4) is 0 Å². The lowest BCUT2D eigenvalue weighted by Gasteiger charge is -2.14. The van der Waals surface area contributed by atoms with Gasteiger partial charge in [0.1, 0.15) is 11.3 Å². The molecule has 0 radical (unpaired) electrons. The number of carbonyl (C=O) groups is 1. The van der Waals surface area contributed by atoms with Gasteiger partial charge >= 0.3 is 0 Å². The van der Waals surface area contributed by atoms with Gasteiger partial charge in [-0.2, -0.15) is 0 Å². The van der Waals surface area contributed by atoms with Crippen LogP contribution in [0.4, 0.5) is 0 Å². The molecule has 4 nitrogen and oxygen atoms in total. The number of carbonyl (C=O) groups excluding carboxylic acids is 1. The van der Waals surface area contributed by atoms with E-state index in [9.17, 15) is 4.79 Å². The number of thiophene rings is 1. The SMILES string of the molecule is COc1ccc2oc(C(=O)N(C)Cc3ccc(Cl)s3)c(C)c2c1. The van der Waals surface area contributed by atoms with E-state index in [1.807, 2.05) is 37.3 Å². The molecule has 120 valence electrons. The lowest BCUT2D eigenvalue weighted by Crippen LogP contribution is -2.25. The van der Waals surface area contributed by atoms with Gasteiger partial charge in [-0.1, -0.05) is 11.6 Å². The van der Waals surface area contributed by atoms with E-state index in [0.717, 1.165) is 21.6 Å². The van der Waals surface area contributed by atoms with Crippen LogP contribution in [0.15, 0.2) is 34.7 Å². The van der Waals surface area contributed by atoms with Crippen LogP contribution in [0.1, 0.15) is 21.0 Å². The lowest BCUT2D eigenvalue weighted by atomic mass is 10.1. The van der Waals surface area contributed by atoms with E-state index in [1.165, 1.54) is 11.3 Å². The van der Waals surface area contributed by atoms with Crippen molar-refractivity contribution in [3.05, 3.63) is 50.9 Å². The number of methoxy groups -OCH3 is 1. The summed E-state index contributed by atoms with van der Waals surface area (Å²) in [5, 5.41) is 0.889. The number of ether oxygens (including phenoxy) is 1. The highest BCUT2D eigenvalue weighted by atomic mass is 35.5. The Balaban J connectivity index is 1.89. The molecule has 0 saturated heterocycles. The first-order valence-corrected chi connectivity index (χ1v) is 8.26. The van der Waals surface area contributed by atoms with Crippen molar-refractivity contribution in [1.29, 1.82) is 0 Å². The molecule has 23 heavy (non-hydrogen) atoms. The highest BCUT2D eigenvalue weighted by Crippen LogP contribution is 2.30. The van der Waals surface area contributed by atoms with Crippen LogP contribution in [-0.4, -0.2) is 25.0 Å². The Morgan fingerprint density at radius 3 is 2.78 bits per heavy atom. The van der Waals surface area contributed by atoms with Crippen molar-refractivity contribution in [3.63, 3.8) is 0 Å². The van der Waals surface area contributed by atoms with Crippen molar-refractivity contribution in [2.45, 2.75) is 13.5 Å². The molecule has 0 fully saturated rings. The van der Waals surface area contributed by atoms with Gasteiger partial charge in [-0.3, -0.25) is 4.79 Å². The van der Waals surface area contributed by atoms with Crippen molar-refractivity contribution in [1.82, 2.24) is 4.90 Å². The van der Waals surface area contributed by atoms with E-state index in [2.05, 4.69) is 0 Å². The Morgan fingerprint density at radius 1 is 1.35 bits per heavy atom. The molecule has 0 unspecified atom stereocenters. The van der Waals surface area contributed by atoms with Crippen LogP contribution in [0, 0.1) is 6.92 Å². The first-order chi connectivity index (χ1) is 11.0. The van der Waals surface area contributed by atoms with Crippen LogP contribution in [0.5, 0.6) is 5.75 Å². The number of amides is 1. The number of benzene rings is 1. The molecule has 2 heterocycles. The monoisotopic (exact) mass is 349 g/mol. The summed E-state index contributed by atoms with van der Waals surface area (Å²) in [6.07, 6.45) is 0. The lowest BCUT2D eigenvalue weighted by molar-refractivity contribution is 0.0756. The second-order valence-electron chi connectivity index (χ2n) is 5.29. The number of furan rings is 1. The Labute approximate surface area is 143 Å². The summed E-state index contributed by atoms with van der Waals surface area (Å²) in [5.41, 5.74) is 1.50. The average molecular weight is 350 g/mol. The molecule has 3 rings (SSSR count). The summed E-state index contributed by atoms with van der Waals surface area (Å²) in [4.78, 5) is 15.3. The molecule has 0 spiro atoms. The van der Waals surface area contributed by atoms with Crippen LogP contribution in [0.25, 0.3) is 11.0 Å². The van der Waals surface area contributed by atoms with Gasteiger partial charge in [0, 0.05) is 22.9 Å². The summed E-state index contributed by atoms with van der Waals surface area (Å²) < 4.78 is 11.7. The van der Waals surface area contributed by atoms with Crippen molar-refractivity contribution in [3.8, 4) is 5.75 Å². The Bertz CT molecular complexity index is 868. The van der Waals surface area contributed by atoms with E-state index in [4.69, 9.17) is 20.8 Å². The molecule has 0 saturated carbocycles. The molecule has 0 aliphatic rings. The number of fused-ring (bicyclic) bond motifs is 1. The summed E-state index contributed by atoms with van der Waals surface area (Å²) >= 11 is 7.40. The van der Waals surface area contributed by atoms with Crippen molar-refractivity contribution >= 4 is 39.8 Å². The third-order valence-corrected chi connectivity index (χ3v) is 4.92. The summed E-state index contributed by atoms with van der Waals surface area (Å²) in [6, 6.07) is 9.27. The largest absolute Gasteiger partial charge is 0.497 e. The maximum absolute atomic E-state index is 12.7. The zero-order valence-corrected chi connectivity index (χ0v) is 14.6. The van der Waals surface area contributed by atoms with E-state index in [-0.39, 0.29) is 5.91 Å². The normalized spacial score (nSPS) is 11.0. The third-order valence-electron chi connectivity index (χ3n) is 3.71. The van der Waals surface area contributed by atoms with Gasteiger partial charge in [0.2, 0.25) is 0 Å². The van der Waals surface area contributed by atoms with Gasteiger partial charge in [0.15, 0.2) is 5.76 Å². The first kappa shape index (κ1) is 15.9. The first-order valence-electron chi connectivity index (χ1n) is 7.06. The maximum Gasteiger partial charge on any atom is 0.289 e. The molecule has 0 N–H and O–H groups in total. The van der Waals surface area contributed by atoms with Crippen molar-refractivity contribution < 1.29 is 13.9 Å². The van der Waals surface area contributed by atoms with Crippen LogP contribution < -0.4 is 4.74 Å². The molecular formula is C17H16ClNO3S. The van der Waals surface area contributed by atoms with Gasteiger partial charge in [0.05, 0.1) is 18.0 Å². The molecule has 0 bridgehead atoms. The Hall–Kier alpha value is -1.98. The number of aryl methyl sites for hydroxylation is 1. The van der Waals surface area contributed by atoms with Crippen LogP contribution >= 0.6 is 22.9 Å². The van der Waals surface area contributed by atoms with Gasteiger partial charge in [-0.15, -0.1) is 11.3 Å². The fraction of sp³-hybridized carbons (Fsp3) is 0.235. The van der Waals surface area contributed by atoms with E-state index < -0.39 is 0 Å². The van der Waals surface area contributed by atoms with Gasteiger partial charge in [0.25, 0.3) is 5.91 Å². The summed E-state index contributed by atoms with van der Waals surface area (Å²) in [6.45, 7) is 2.38. The fourth-order valence-electron chi connectivity index (χ4n) is 2.45. The maximum atomic E-state index is 12.7. The number of nitrogens with zero attached hydrogens (tertiary/aromatic N) is 1. The molecule has 1 aromatic carbocycles. The number of hydrogen-bond acceptors (Lipinski definition) is 4. The molecule has 0 aliphatic heterocycles. The van der Waals surface area contributed by atoms with Gasteiger partial charge in [-0.05, 0) is 37.3 Å². The molecule has 1 amide bonds. The average Bonchev–Trinajstić information content (AvgIpc) is 3.10. The minimum Gasteiger partial charge on any atom is -0.497 e. The molecule has 6 heteroatoms. The Kier molecular flexibility index (Phi) is 4.33. The molecule has 2 aromatic heterocycles. The van der Waals surface area contributed by atoms with Crippen LogP contribution in [0.2, 0.25) is 4.34 Å². The minimum absolute atomic E-state index is 0.151. The summed E-state index contributed by atoms with van der Waals surface area (Å²) in [7, 11) is 3.37. The number of halogens is 1. The van der Waals surface area contributed by atoms with Crippen molar-refractivity contribution in [2.24, 2.45) is 0 Å². The second kappa shape index (κ2) is 6.26. The standard InChI is InChI=1S/C17H16ClNO3S/c1-10-13-8-11(21-3)4-6-14(13)22-16(10)17(20)19(2)9-12-5-7-15(18)23-12/h4-8H,9H2,1-3H3. The fourth-order valence-corrected chi connectivity index (χ4v) is 3.59. The third kappa shape index (κ3) is 3.07. The van der Waals surface area contributed by atoms with E-state index >= 15 is 0 Å². The predicted molar refractivity (Wildman–Crippen MR) is 92.6 cm³/mol. The highest BCUT2D eigenvalue weighted by Gasteiger charge is 2.21. The second-order valence-corrected chi connectivity index (χ2v) is 7.08. The smallest absolute Gasteiger partial charge is 0.289 e. The molecule has 3 aromatic rings. The van der Waals surface area contributed by atoms with Crippen molar-refractivity contribution in [2.75, 3.05) is 14.2 Å². The molecule has 0 atom stereocenters. The zero-order chi connectivity index (χ0) is 16.6. The van der Waals surface area contributed by atoms with E-state index in [0.29, 0.717) is 22.2 Å². The Morgan fingerprint density at radius 2 is 2.13 bits per heavy atom. The minimum atomic E-state index is -0.151. The number of rotatable bonds is 4. The van der Waals surface area contributed by atoms with Gasteiger partial charge < -0.3 is 14.1 Å². The van der Waals surface area contributed by atoms with E-state index in [1.54, 1.807) is 19.1 Å². The summed E-state index contributed by atoms with van der Waals surface area (Å²) in [5.74, 6) is 0.947.